The number of hydrogen-bond donors (Lipinski definition) is 1. The van der Waals surface area contributed by atoms with Crippen molar-refractivity contribution in [1.29, 1.82) is 0 Å². The molecule has 0 aliphatic carbocycles. The fraction of sp³-hybridized carbons (Fsp3) is 0.200. The molecule has 5 heteroatoms. The van der Waals surface area contributed by atoms with Gasteiger partial charge in [-0.25, -0.2) is 4.39 Å². The van der Waals surface area contributed by atoms with Gasteiger partial charge in [0.25, 0.3) is 0 Å². The number of pyridine rings is 1. The maximum atomic E-state index is 13.4. The molecule has 1 atom stereocenters. The first-order valence-electron chi connectivity index (χ1n) is 4.52. The second kappa shape index (κ2) is 3.78. The summed E-state index contributed by atoms with van der Waals surface area (Å²) in [6.45, 7) is 0. The Morgan fingerprint density at radius 1 is 1.47 bits per heavy atom. The minimum Gasteiger partial charge on any atom is -0.320 e. The molecule has 2 heterocycles. The maximum absolute atomic E-state index is 13.4. The van der Waals surface area contributed by atoms with Crippen LogP contribution < -0.4 is 5.73 Å². The minimum absolute atomic E-state index is 0.395. The summed E-state index contributed by atoms with van der Waals surface area (Å²) in [5, 5.41) is 3.99. The lowest BCUT2D eigenvalue weighted by Gasteiger charge is -2.09. The zero-order valence-electron chi connectivity index (χ0n) is 8.26. The number of aryl methyl sites for hydroxylation is 1. The number of halogens is 1. The quantitative estimate of drug-likeness (QED) is 0.797. The van der Waals surface area contributed by atoms with Crippen LogP contribution in [-0.2, 0) is 7.05 Å². The summed E-state index contributed by atoms with van der Waals surface area (Å²) < 4.78 is 15.0. The van der Waals surface area contributed by atoms with Gasteiger partial charge in [-0.3, -0.25) is 9.67 Å². The predicted octanol–water partition coefficient (Wildman–Crippen LogP) is 1.00. The molecule has 4 nitrogen and oxygen atoms in total. The molecule has 0 amide bonds. The molecule has 0 aliphatic rings. The highest BCUT2D eigenvalue weighted by Crippen LogP contribution is 2.20. The van der Waals surface area contributed by atoms with Crippen LogP contribution in [0.1, 0.15) is 17.2 Å². The van der Waals surface area contributed by atoms with Crippen molar-refractivity contribution < 1.29 is 4.39 Å². The number of rotatable bonds is 2. The molecular weight excluding hydrogens is 195 g/mol. The number of nitrogens with zero attached hydrogens (tertiary/aromatic N) is 3. The zero-order valence-corrected chi connectivity index (χ0v) is 8.26. The Morgan fingerprint density at radius 3 is 2.87 bits per heavy atom. The minimum atomic E-state index is -0.498. The van der Waals surface area contributed by atoms with Gasteiger partial charge in [0, 0.05) is 30.6 Å². The van der Waals surface area contributed by atoms with E-state index in [1.165, 1.54) is 6.20 Å². The van der Waals surface area contributed by atoms with Crippen molar-refractivity contribution in [2.24, 2.45) is 12.8 Å². The Balaban J connectivity index is 2.36. The molecule has 78 valence electrons. The maximum Gasteiger partial charge on any atom is 0.146 e. The molecule has 2 aromatic heterocycles. The first-order chi connectivity index (χ1) is 7.18. The molecule has 1 unspecified atom stereocenters. The second-order valence-corrected chi connectivity index (χ2v) is 3.32. The highest BCUT2D eigenvalue weighted by Gasteiger charge is 2.14. The SMILES string of the molecule is Cn1cc(C(N)c2ccncc2F)cn1. The Labute approximate surface area is 86.6 Å². The average Bonchev–Trinajstić information content (AvgIpc) is 2.65. The standard InChI is InChI=1S/C10H11FN4/c1-15-6-7(4-14-15)10(12)8-2-3-13-5-9(8)11/h2-6,10H,12H2,1H3. The topological polar surface area (TPSA) is 56.7 Å². The molecule has 0 fully saturated rings. The molecule has 15 heavy (non-hydrogen) atoms. The van der Waals surface area contributed by atoms with Gasteiger partial charge < -0.3 is 5.73 Å². The van der Waals surface area contributed by atoms with Crippen molar-refractivity contribution in [1.82, 2.24) is 14.8 Å². The van der Waals surface area contributed by atoms with E-state index in [0.29, 0.717) is 5.56 Å². The highest BCUT2D eigenvalue weighted by molar-refractivity contribution is 5.27. The molecule has 0 saturated heterocycles. The molecule has 2 aromatic rings. The molecule has 0 radical (unpaired) electrons. The van der Waals surface area contributed by atoms with Crippen molar-refractivity contribution in [2.45, 2.75) is 6.04 Å². The predicted molar refractivity (Wildman–Crippen MR) is 53.4 cm³/mol. The lowest BCUT2D eigenvalue weighted by Crippen LogP contribution is -2.13. The summed E-state index contributed by atoms with van der Waals surface area (Å²) in [5.74, 6) is -0.395. The van der Waals surface area contributed by atoms with Crippen molar-refractivity contribution in [3.8, 4) is 0 Å². The van der Waals surface area contributed by atoms with Crippen LogP contribution in [0.15, 0.2) is 30.9 Å². The molecule has 2 N–H and O–H groups in total. The Morgan fingerprint density at radius 2 is 2.27 bits per heavy atom. The van der Waals surface area contributed by atoms with Crippen LogP contribution in [-0.4, -0.2) is 14.8 Å². The second-order valence-electron chi connectivity index (χ2n) is 3.32. The van der Waals surface area contributed by atoms with Crippen LogP contribution in [0.3, 0.4) is 0 Å². The summed E-state index contributed by atoms with van der Waals surface area (Å²) in [6, 6.07) is 1.08. The Hall–Kier alpha value is -1.75. The van der Waals surface area contributed by atoms with Crippen LogP contribution in [0.25, 0.3) is 0 Å². The largest absolute Gasteiger partial charge is 0.320 e. The third kappa shape index (κ3) is 1.87. The molecular formula is C10H11FN4. The van der Waals surface area contributed by atoms with E-state index in [0.717, 1.165) is 11.8 Å². The van der Waals surface area contributed by atoms with Crippen LogP contribution in [0.2, 0.25) is 0 Å². The van der Waals surface area contributed by atoms with Gasteiger partial charge in [-0.1, -0.05) is 0 Å². The normalized spacial score (nSPS) is 12.7. The van der Waals surface area contributed by atoms with Gasteiger partial charge in [-0.15, -0.1) is 0 Å². The van der Waals surface area contributed by atoms with E-state index < -0.39 is 11.9 Å². The summed E-state index contributed by atoms with van der Waals surface area (Å²) in [6.07, 6.45) is 6.08. The number of hydrogen-bond acceptors (Lipinski definition) is 3. The zero-order chi connectivity index (χ0) is 10.8. The summed E-state index contributed by atoms with van der Waals surface area (Å²) in [4.78, 5) is 3.67. The van der Waals surface area contributed by atoms with E-state index in [2.05, 4.69) is 10.1 Å². The lowest BCUT2D eigenvalue weighted by molar-refractivity contribution is 0.593. The van der Waals surface area contributed by atoms with Gasteiger partial charge in [-0.2, -0.15) is 5.10 Å². The molecule has 2 rings (SSSR count). The lowest BCUT2D eigenvalue weighted by atomic mass is 10.0. The fourth-order valence-electron chi connectivity index (χ4n) is 1.42. The van der Waals surface area contributed by atoms with Gasteiger partial charge in [-0.05, 0) is 6.07 Å². The first-order valence-corrected chi connectivity index (χ1v) is 4.52. The van der Waals surface area contributed by atoms with Gasteiger partial charge in [0.05, 0.1) is 18.4 Å². The number of nitrogens with two attached hydrogens (primary N) is 1. The molecule has 0 bridgehead atoms. The summed E-state index contributed by atoms with van der Waals surface area (Å²) in [7, 11) is 1.79. The number of aromatic nitrogens is 3. The van der Waals surface area contributed by atoms with E-state index >= 15 is 0 Å². The Bertz CT molecular complexity index is 466. The van der Waals surface area contributed by atoms with Gasteiger partial charge in [0.2, 0.25) is 0 Å². The highest BCUT2D eigenvalue weighted by atomic mass is 19.1. The molecule has 0 spiro atoms. The molecule has 0 aromatic carbocycles. The van der Waals surface area contributed by atoms with E-state index in [1.54, 1.807) is 30.2 Å². The molecule has 0 aliphatic heterocycles. The van der Waals surface area contributed by atoms with Gasteiger partial charge in [0.1, 0.15) is 5.82 Å². The summed E-state index contributed by atoms with van der Waals surface area (Å²) in [5.41, 5.74) is 7.12. The Kier molecular flexibility index (Phi) is 2.47. The van der Waals surface area contributed by atoms with Crippen molar-refractivity contribution in [3.63, 3.8) is 0 Å². The first kappa shape index (κ1) is 9.79. The van der Waals surface area contributed by atoms with Crippen LogP contribution in [0.4, 0.5) is 4.39 Å². The van der Waals surface area contributed by atoms with E-state index in [4.69, 9.17) is 5.73 Å². The monoisotopic (exact) mass is 206 g/mol. The fourth-order valence-corrected chi connectivity index (χ4v) is 1.42. The van der Waals surface area contributed by atoms with Gasteiger partial charge >= 0.3 is 0 Å². The summed E-state index contributed by atoms with van der Waals surface area (Å²) >= 11 is 0. The molecule has 0 saturated carbocycles. The van der Waals surface area contributed by atoms with E-state index in [9.17, 15) is 4.39 Å². The van der Waals surface area contributed by atoms with Crippen molar-refractivity contribution in [3.05, 3.63) is 47.8 Å². The third-order valence-electron chi connectivity index (χ3n) is 2.22. The van der Waals surface area contributed by atoms with Crippen LogP contribution in [0, 0.1) is 5.82 Å². The van der Waals surface area contributed by atoms with Crippen molar-refractivity contribution >= 4 is 0 Å². The van der Waals surface area contributed by atoms with Crippen molar-refractivity contribution in [2.75, 3.05) is 0 Å². The van der Waals surface area contributed by atoms with E-state index in [1.807, 2.05) is 0 Å². The smallest absolute Gasteiger partial charge is 0.146 e. The van der Waals surface area contributed by atoms with E-state index in [-0.39, 0.29) is 0 Å². The van der Waals surface area contributed by atoms with Crippen LogP contribution in [0.5, 0.6) is 0 Å². The van der Waals surface area contributed by atoms with Gasteiger partial charge in [0.15, 0.2) is 0 Å². The third-order valence-corrected chi connectivity index (χ3v) is 2.22. The average molecular weight is 206 g/mol. The van der Waals surface area contributed by atoms with Crippen LogP contribution >= 0.6 is 0 Å².